The van der Waals surface area contributed by atoms with E-state index in [2.05, 4.69) is 36.0 Å². The van der Waals surface area contributed by atoms with E-state index in [4.69, 9.17) is 5.84 Å². The summed E-state index contributed by atoms with van der Waals surface area (Å²) in [4.78, 5) is 8.20. The first-order valence-electron chi connectivity index (χ1n) is 5.95. The smallest absolute Gasteiger partial charge is 0.244 e. The minimum atomic E-state index is -3.70. The van der Waals surface area contributed by atoms with E-state index in [1.54, 1.807) is 0 Å². The maximum absolute atomic E-state index is 12.3. The molecule has 0 atom stereocenters. The molecule has 0 amide bonds. The van der Waals surface area contributed by atoms with Gasteiger partial charge in [-0.25, -0.2) is 29.0 Å². The Labute approximate surface area is 135 Å². The van der Waals surface area contributed by atoms with Crippen molar-refractivity contribution >= 4 is 43.1 Å². The van der Waals surface area contributed by atoms with Gasteiger partial charge in [0, 0.05) is 29.0 Å². The second-order valence-corrected chi connectivity index (χ2v) is 7.86. The van der Waals surface area contributed by atoms with Gasteiger partial charge in [-0.2, -0.15) is 0 Å². The lowest BCUT2D eigenvalue weighted by Crippen LogP contribution is -2.27. The quantitative estimate of drug-likeness (QED) is 0.507. The highest BCUT2D eigenvalue weighted by atomic mass is 79.9. The summed E-state index contributed by atoms with van der Waals surface area (Å²) in [6.07, 6.45) is 1.99. The fourth-order valence-corrected chi connectivity index (χ4v) is 3.95. The zero-order valence-electron chi connectivity index (χ0n) is 11.1. The molecule has 10 heteroatoms. The monoisotopic (exact) mass is 391 g/mol. The van der Waals surface area contributed by atoms with Crippen molar-refractivity contribution in [1.29, 1.82) is 0 Å². The van der Waals surface area contributed by atoms with E-state index in [9.17, 15) is 8.42 Å². The number of rotatable bonds is 6. The fraction of sp³-hybridized carbons (Fsp3) is 0.273. The molecule has 4 N–H and O–H groups in total. The lowest BCUT2D eigenvalue weighted by Gasteiger charge is -2.10. The van der Waals surface area contributed by atoms with Crippen molar-refractivity contribution in [2.24, 2.45) is 5.84 Å². The first kappa shape index (κ1) is 16.3. The van der Waals surface area contributed by atoms with Crippen molar-refractivity contribution in [2.45, 2.75) is 18.2 Å². The molecule has 0 aromatic carbocycles. The fourth-order valence-electron chi connectivity index (χ4n) is 1.65. The number of thiazole rings is 1. The van der Waals surface area contributed by atoms with Crippen LogP contribution in [0, 0.1) is 6.92 Å². The molecule has 0 aliphatic rings. The topological polar surface area (TPSA) is 110 Å². The Bertz CT molecular complexity index is 732. The third-order valence-electron chi connectivity index (χ3n) is 2.59. The Kier molecular flexibility index (Phi) is 5.27. The SMILES string of the molecule is Cc1nc(CCNS(=O)(=O)c2cc(Br)cnc2NN)cs1. The van der Waals surface area contributed by atoms with Gasteiger partial charge < -0.3 is 5.43 Å². The van der Waals surface area contributed by atoms with Crippen molar-refractivity contribution in [1.82, 2.24) is 14.7 Å². The molecule has 0 saturated heterocycles. The van der Waals surface area contributed by atoms with Gasteiger partial charge in [-0.15, -0.1) is 11.3 Å². The second-order valence-electron chi connectivity index (χ2n) is 4.15. The molecule has 0 radical (unpaired) electrons. The molecular formula is C11H14BrN5O2S2. The first-order chi connectivity index (χ1) is 9.92. The molecule has 0 bridgehead atoms. The van der Waals surface area contributed by atoms with E-state index in [0.717, 1.165) is 10.7 Å². The number of hydrogen-bond acceptors (Lipinski definition) is 7. The number of aryl methyl sites for hydroxylation is 1. The van der Waals surface area contributed by atoms with E-state index in [0.29, 0.717) is 10.9 Å². The van der Waals surface area contributed by atoms with Crippen LogP contribution in [0.5, 0.6) is 0 Å². The van der Waals surface area contributed by atoms with Crippen LogP contribution in [-0.4, -0.2) is 24.9 Å². The van der Waals surface area contributed by atoms with Crippen LogP contribution in [0.4, 0.5) is 5.82 Å². The van der Waals surface area contributed by atoms with Crippen molar-refractivity contribution in [3.63, 3.8) is 0 Å². The summed E-state index contributed by atoms with van der Waals surface area (Å²) in [5.41, 5.74) is 3.14. The van der Waals surface area contributed by atoms with Crippen molar-refractivity contribution in [3.05, 3.63) is 32.8 Å². The largest absolute Gasteiger partial charge is 0.307 e. The predicted molar refractivity (Wildman–Crippen MR) is 85.5 cm³/mol. The highest BCUT2D eigenvalue weighted by Gasteiger charge is 2.19. The second kappa shape index (κ2) is 6.79. The van der Waals surface area contributed by atoms with E-state index in [-0.39, 0.29) is 17.3 Å². The third kappa shape index (κ3) is 4.20. The molecule has 0 saturated carbocycles. The first-order valence-corrected chi connectivity index (χ1v) is 9.11. The highest BCUT2D eigenvalue weighted by Crippen LogP contribution is 2.22. The van der Waals surface area contributed by atoms with Gasteiger partial charge in [0.15, 0.2) is 5.82 Å². The molecule has 2 rings (SSSR count). The number of nitrogens with one attached hydrogen (secondary N) is 2. The summed E-state index contributed by atoms with van der Waals surface area (Å²) < 4.78 is 27.6. The van der Waals surface area contributed by atoms with E-state index in [1.807, 2.05) is 12.3 Å². The summed E-state index contributed by atoms with van der Waals surface area (Å²) >= 11 is 4.73. The van der Waals surface area contributed by atoms with Crippen LogP contribution < -0.4 is 16.0 Å². The molecule has 0 spiro atoms. The number of nitrogens with two attached hydrogens (primary N) is 1. The van der Waals surface area contributed by atoms with Crippen molar-refractivity contribution in [3.8, 4) is 0 Å². The third-order valence-corrected chi connectivity index (χ3v) is 5.32. The summed E-state index contributed by atoms with van der Waals surface area (Å²) in [6, 6.07) is 1.44. The molecule has 0 fully saturated rings. The number of nitrogens with zero attached hydrogens (tertiary/aromatic N) is 2. The molecule has 0 aliphatic carbocycles. The molecule has 2 heterocycles. The van der Waals surface area contributed by atoms with E-state index in [1.165, 1.54) is 23.6 Å². The van der Waals surface area contributed by atoms with Crippen molar-refractivity contribution < 1.29 is 8.42 Å². The number of nitrogen functional groups attached to an aromatic ring is 1. The summed E-state index contributed by atoms with van der Waals surface area (Å²) in [5, 5.41) is 2.87. The van der Waals surface area contributed by atoms with Gasteiger partial charge >= 0.3 is 0 Å². The van der Waals surface area contributed by atoms with Crippen LogP contribution in [0.2, 0.25) is 0 Å². The molecular weight excluding hydrogens is 378 g/mol. The average molecular weight is 392 g/mol. The molecule has 2 aromatic heterocycles. The Balaban J connectivity index is 2.09. The Morgan fingerprint density at radius 3 is 2.86 bits per heavy atom. The number of aromatic nitrogens is 2. The minimum Gasteiger partial charge on any atom is -0.307 e. The normalized spacial score (nSPS) is 11.6. The zero-order chi connectivity index (χ0) is 15.5. The van der Waals surface area contributed by atoms with Gasteiger partial charge in [-0.1, -0.05) is 0 Å². The molecule has 0 aliphatic heterocycles. The number of halogens is 1. The van der Waals surface area contributed by atoms with Gasteiger partial charge in [0.2, 0.25) is 10.0 Å². The number of anilines is 1. The molecule has 2 aromatic rings. The van der Waals surface area contributed by atoms with Gasteiger partial charge in [-0.3, -0.25) is 0 Å². The van der Waals surface area contributed by atoms with Gasteiger partial charge in [-0.05, 0) is 28.9 Å². The average Bonchev–Trinajstić information content (AvgIpc) is 2.84. The maximum Gasteiger partial charge on any atom is 0.244 e. The number of hydrogen-bond donors (Lipinski definition) is 3. The Morgan fingerprint density at radius 1 is 1.48 bits per heavy atom. The van der Waals surface area contributed by atoms with Gasteiger partial charge in [0.25, 0.3) is 0 Å². The number of sulfonamides is 1. The maximum atomic E-state index is 12.3. The molecule has 21 heavy (non-hydrogen) atoms. The van der Waals surface area contributed by atoms with Crippen LogP contribution >= 0.6 is 27.3 Å². The predicted octanol–water partition coefficient (Wildman–Crippen LogP) is 1.42. The molecule has 114 valence electrons. The number of pyridine rings is 1. The van der Waals surface area contributed by atoms with Crippen LogP contribution in [0.3, 0.4) is 0 Å². The van der Waals surface area contributed by atoms with Crippen LogP contribution in [0.1, 0.15) is 10.7 Å². The minimum absolute atomic E-state index is 0.00571. The van der Waals surface area contributed by atoms with Gasteiger partial charge in [0.05, 0.1) is 10.7 Å². The highest BCUT2D eigenvalue weighted by molar-refractivity contribution is 9.10. The molecule has 7 nitrogen and oxygen atoms in total. The lowest BCUT2D eigenvalue weighted by molar-refractivity contribution is 0.581. The standard InChI is InChI=1S/C11H14BrN5O2S2/c1-7-16-9(6-20-7)2-3-15-21(18,19)10-4-8(12)5-14-11(10)17-13/h4-6,15H,2-3,13H2,1H3,(H,14,17). The summed E-state index contributed by atoms with van der Waals surface area (Å²) in [5.74, 6) is 5.38. The van der Waals surface area contributed by atoms with E-state index >= 15 is 0 Å². The lowest BCUT2D eigenvalue weighted by atomic mass is 10.3. The summed E-state index contributed by atoms with van der Waals surface area (Å²) in [6.45, 7) is 2.16. The van der Waals surface area contributed by atoms with Crippen LogP contribution in [-0.2, 0) is 16.4 Å². The van der Waals surface area contributed by atoms with Gasteiger partial charge in [0.1, 0.15) is 4.90 Å². The zero-order valence-corrected chi connectivity index (χ0v) is 14.3. The van der Waals surface area contributed by atoms with Crippen LogP contribution in [0.15, 0.2) is 27.0 Å². The van der Waals surface area contributed by atoms with E-state index < -0.39 is 10.0 Å². The Morgan fingerprint density at radius 2 is 2.24 bits per heavy atom. The Hall–Kier alpha value is -1.07. The number of hydrazine groups is 1. The summed E-state index contributed by atoms with van der Waals surface area (Å²) in [7, 11) is -3.70. The van der Waals surface area contributed by atoms with Crippen LogP contribution in [0.25, 0.3) is 0 Å². The van der Waals surface area contributed by atoms with Crippen molar-refractivity contribution in [2.75, 3.05) is 12.0 Å². The molecule has 0 unspecified atom stereocenters.